The maximum absolute atomic E-state index is 8.86. The first-order valence-electron chi connectivity index (χ1n) is 5.64. The lowest BCUT2D eigenvalue weighted by atomic mass is 10.2. The summed E-state index contributed by atoms with van der Waals surface area (Å²) in [6, 6.07) is 5.71. The smallest absolute Gasteiger partial charge is 0.145 e. The SMILES string of the molecule is N#Cc1ncccc1COCC1CNCCO1. The Kier molecular flexibility index (Phi) is 4.45. The third-order valence-electron chi connectivity index (χ3n) is 2.56. The minimum Gasteiger partial charge on any atom is -0.374 e. The van der Waals surface area contributed by atoms with Crippen LogP contribution in [-0.2, 0) is 16.1 Å². The minimum atomic E-state index is 0.103. The Bertz CT molecular complexity index is 397. The van der Waals surface area contributed by atoms with E-state index in [4.69, 9.17) is 14.7 Å². The molecule has 5 nitrogen and oxygen atoms in total. The van der Waals surface area contributed by atoms with Crippen molar-refractivity contribution in [1.82, 2.24) is 10.3 Å². The van der Waals surface area contributed by atoms with Crippen molar-refractivity contribution in [2.45, 2.75) is 12.7 Å². The lowest BCUT2D eigenvalue weighted by Gasteiger charge is -2.23. The fourth-order valence-corrected chi connectivity index (χ4v) is 1.68. The summed E-state index contributed by atoms with van der Waals surface area (Å²) >= 11 is 0. The molecule has 0 amide bonds. The van der Waals surface area contributed by atoms with Crippen molar-refractivity contribution in [2.24, 2.45) is 0 Å². The van der Waals surface area contributed by atoms with Gasteiger partial charge in [-0.3, -0.25) is 0 Å². The second-order valence-electron chi connectivity index (χ2n) is 3.83. The molecule has 0 aromatic carbocycles. The van der Waals surface area contributed by atoms with Gasteiger partial charge in [-0.1, -0.05) is 6.07 Å². The van der Waals surface area contributed by atoms with Gasteiger partial charge in [-0.15, -0.1) is 0 Å². The number of nitrogens with one attached hydrogen (secondary N) is 1. The highest BCUT2D eigenvalue weighted by molar-refractivity contribution is 5.29. The summed E-state index contributed by atoms with van der Waals surface area (Å²) in [4.78, 5) is 3.98. The van der Waals surface area contributed by atoms with Gasteiger partial charge >= 0.3 is 0 Å². The van der Waals surface area contributed by atoms with Crippen LogP contribution in [0.5, 0.6) is 0 Å². The van der Waals surface area contributed by atoms with Gasteiger partial charge in [0.15, 0.2) is 0 Å². The van der Waals surface area contributed by atoms with Gasteiger partial charge < -0.3 is 14.8 Å². The molecule has 2 heterocycles. The molecule has 0 aliphatic carbocycles. The van der Waals surface area contributed by atoms with Gasteiger partial charge in [0.25, 0.3) is 0 Å². The van der Waals surface area contributed by atoms with E-state index in [-0.39, 0.29) is 6.10 Å². The summed E-state index contributed by atoms with van der Waals surface area (Å²) in [6.07, 6.45) is 1.71. The van der Waals surface area contributed by atoms with Crippen molar-refractivity contribution in [3.8, 4) is 6.07 Å². The van der Waals surface area contributed by atoms with Crippen LogP contribution in [0.3, 0.4) is 0 Å². The number of morpholine rings is 1. The third kappa shape index (κ3) is 3.49. The molecule has 5 heteroatoms. The highest BCUT2D eigenvalue weighted by atomic mass is 16.5. The van der Waals surface area contributed by atoms with Crippen LogP contribution in [0, 0.1) is 11.3 Å². The summed E-state index contributed by atoms with van der Waals surface area (Å²) in [6.45, 7) is 3.38. The summed E-state index contributed by atoms with van der Waals surface area (Å²) < 4.78 is 11.0. The highest BCUT2D eigenvalue weighted by Crippen LogP contribution is 2.06. The van der Waals surface area contributed by atoms with Crippen LogP contribution >= 0.6 is 0 Å². The molecule has 1 N–H and O–H groups in total. The fraction of sp³-hybridized carbons (Fsp3) is 0.500. The quantitative estimate of drug-likeness (QED) is 0.818. The number of nitrogens with zero attached hydrogens (tertiary/aromatic N) is 2. The summed E-state index contributed by atoms with van der Waals surface area (Å²) in [5.41, 5.74) is 1.24. The fourth-order valence-electron chi connectivity index (χ4n) is 1.68. The first-order valence-corrected chi connectivity index (χ1v) is 5.64. The molecule has 1 atom stereocenters. The Morgan fingerprint density at radius 2 is 2.59 bits per heavy atom. The molecular weight excluding hydrogens is 218 g/mol. The number of aromatic nitrogens is 1. The van der Waals surface area contributed by atoms with Crippen molar-refractivity contribution in [2.75, 3.05) is 26.3 Å². The van der Waals surface area contributed by atoms with Gasteiger partial charge in [-0.25, -0.2) is 4.98 Å². The average Bonchev–Trinajstić information content (AvgIpc) is 2.40. The zero-order valence-electron chi connectivity index (χ0n) is 9.56. The van der Waals surface area contributed by atoms with Gasteiger partial charge in [-0.05, 0) is 6.07 Å². The number of hydrogen-bond donors (Lipinski definition) is 1. The largest absolute Gasteiger partial charge is 0.374 e. The molecule has 2 rings (SSSR count). The molecule has 1 saturated heterocycles. The monoisotopic (exact) mass is 233 g/mol. The molecule has 0 spiro atoms. The normalized spacial score (nSPS) is 19.8. The van der Waals surface area contributed by atoms with E-state index in [1.165, 1.54) is 0 Å². The Morgan fingerprint density at radius 3 is 3.35 bits per heavy atom. The zero-order chi connectivity index (χ0) is 11.9. The Labute approximate surface area is 100 Å². The van der Waals surface area contributed by atoms with E-state index < -0.39 is 0 Å². The summed E-state index contributed by atoms with van der Waals surface area (Å²) in [5, 5.41) is 12.1. The van der Waals surface area contributed by atoms with Crippen molar-refractivity contribution in [3.05, 3.63) is 29.6 Å². The van der Waals surface area contributed by atoms with Crippen LogP contribution in [0.4, 0.5) is 0 Å². The lowest BCUT2D eigenvalue weighted by Crippen LogP contribution is -2.40. The molecule has 0 radical (unpaired) electrons. The molecule has 0 bridgehead atoms. The van der Waals surface area contributed by atoms with Crippen molar-refractivity contribution >= 4 is 0 Å². The van der Waals surface area contributed by atoms with Crippen LogP contribution in [0.25, 0.3) is 0 Å². The Morgan fingerprint density at radius 1 is 1.65 bits per heavy atom. The number of hydrogen-bond acceptors (Lipinski definition) is 5. The molecule has 1 aliphatic rings. The minimum absolute atomic E-state index is 0.103. The van der Waals surface area contributed by atoms with Crippen LogP contribution in [-0.4, -0.2) is 37.4 Å². The number of nitriles is 1. The van der Waals surface area contributed by atoms with Crippen LogP contribution in [0.15, 0.2) is 18.3 Å². The van der Waals surface area contributed by atoms with E-state index in [2.05, 4.69) is 10.3 Å². The van der Waals surface area contributed by atoms with Crippen molar-refractivity contribution < 1.29 is 9.47 Å². The molecule has 0 saturated carbocycles. The van der Waals surface area contributed by atoms with E-state index >= 15 is 0 Å². The highest BCUT2D eigenvalue weighted by Gasteiger charge is 2.13. The maximum atomic E-state index is 8.86. The lowest BCUT2D eigenvalue weighted by molar-refractivity contribution is -0.0358. The first-order chi connectivity index (χ1) is 8.40. The van der Waals surface area contributed by atoms with Gasteiger partial charge in [-0.2, -0.15) is 5.26 Å². The molecular formula is C12H15N3O2. The second-order valence-corrected chi connectivity index (χ2v) is 3.83. The predicted molar refractivity (Wildman–Crippen MR) is 61.2 cm³/mol. The van der Waals surface area contributed by atoms with Gasteiger partial charge in [0, 0.05) is 24.8 Å². The van der Waals surface area contributed by atoms with E-state index in [0.717, 1.165) is 25.3 Å². The van der Waals surface area contributed by atoms with Crippen LogP contribution < -0.4 is 5.32 Å². The predicted octanol–water partition coefficient (Wildman–Crippen LogP) is 0.458. The summed E-state index contributed by atoms with van der Waals surface area (Å²) in [7, 11) is 0. The average molecular weight is 233 g/mol. The van der Waals surface area contributed by atoms with Crippen LogP contribution in [0.1, 0.15) is 11.3 Å². The number of pyridine rings is 1. The topological polar surface area (TPSA) is 67.2 Å². The molecule has 1 aromatic heterocycles. The Balaban J connectivity index is 1.79. The van der Waals surface area contributed by atoms with E-state index in [1.807, 2.05) is 12.1 Å². The zero-order valence-corrected chi connectivity index (χ0v) is 9.56. The second kappa shape index (κ2) is 6.30. The molecule has 1 aromatic rings. The molecule has 1 fully saturated rings. The van der Waals surface area contributed by atoms with E-state index in [9.17, 15) is 0 Å². The van der Waals surface area contributed by atoms with Gasteiger partial charge in [0.1, 0.15) is 11.8 Å². The third-order valence-corrected chi connectivity index (χ3v) is 2.56. The standard InChI is InChI=1S/C12H15N3O2/c13-6-12-10(2-1-3-15-12)8-16-9-11-7-14-4-5-17-11/h1-3,11,14H,4-5,7-9H2. The van der Waals surface area contributed by atoms with Crippen molar-refractivity contribution in [1.29, 1.82) is 5.26 Å². The van der Waals surface area contributed by atoms with Gasteiger partial charge in [0.2, 0.25) is 0 Å². The molecule has 1 aliphatic heterocycles. The molecule has 1 unspecified atom stereocenters. The van der Waals surface area contributed by atoms with Gasteiger partial charge in [0.05, 0.1) is 25.9 Å². The molecule has 90 valence electrons. The number of ether oxygens (including phenoxy) is 2. The molecule has 17 heavy (non-hydrogen) atoms. The maximum Gasteiger partial charge on any atom is 0.145 e. The van der Waals surface area contributed by atoms with Crippen molar-refractivity contribution in [3.63, 3.8) is 0 Å². The van der Waals surface area contributed by atoms with E-state index in [1.54, 1.807) is 12.3 Å². The van der Waals surface area contributed by atoms with E-state index in [0.29, 0.717) is 18.9 Å². The Hall–Kier alpha value is -1.48. The number of rotatable bonds is 4. The summed E-state index contributed by atoms with van der Waals surface area (Å²) in [5.74, 6) is 0. The van der Waals surface area contributed by atoms with Crippen LogP contribution in [0.2, 0.25) is 0 Å². The first kappa shape index (κ1) is 12.0.